The Balaban J connectivity index is 1.50. The summed E-state index contributed by atoms with van der Waals surface area (Å²) in [6.45, 7) is 1.51. The van der Waals surface area contributed by atoms with Crippen molar-refractivity contribution >= 4 is 11.3 Å². The molecule has 0 amide bonds. The average Bonchev–Trinajstić information content (AvgIpc) is 3.08. The van der Waals surface area contributed by atoms with Crippen LogP contribution in [0.1, 0.15) is 10.6 Å². The van der Waals surface area contributed by atoms with Crippen LogP contribution in [0.4, 0.5) is 4.39 Å². The second-order valence-electron chi connectivity index (χ2n) is 5.40. The largest absolute Gasteiger partial charge is 0.497 e. The lowest BCUT2D eigenvalue weighted by Gasteiger charge is -2.03. The summed E-state index contributed by atoms with van der Waals surface area (Å²) >= 11 is 1.67. The van der Waals surface area contributed by atoms with Gasteiger partial charge in [-0.2, -0.15) is 0 Å². The summed E-state index contributed by atoms with van der Waals surface area (Å²) in [5, 5.41) is 4.40. The third kappa shape index (κ3) is 4.40. The third-order valence-corrected chi connectivity index (χ3v) is 4.73. The third-order valence-electron chi connectivity index (χ3n) is 3.68. The van der Waals surface area contributed by atoms with Gasteiger partial charge in [0.05, 0.1) is 12.0 Å². The molecular weight excluding hydrogens is 323 g/mol. The van der Waals surface area contributed by atoms with E-state index in [1.54, 1.807) is 30.6 Å². The van der Waals surface area contributed by atoms with E-state index in [0.717, 1.165) is 46.3 Å². The highest BCUT2D eigenvalue weighted by Gasteiger charge is 2.05. The van der Waals surface area contributed by atoms with E-state index in [1.807, 2.05) is 36.5 Å². The molecule has 124 valence electrons. The molecule has 5 heteroatoms. The van der Waals surface area contributed by atoms with Crippen molar-refractivity contribution < 1.29 is 9.13 Å². The molecule has 0 atom stereocenters. The Morgan fingerprint density at radius 2 is 2.00 bits per heavy atom. The van der Waals surface area contributed by atoms with Gasteiger partial charge >= 0.3 is 0 Å². The lowest BCUT2D eigenvalue weighted by Crippen LogP contribution is -2.16. The predicted octanol–water partition coefficient (Wildman–Crippen LogP) is 4.29. The number of ether oxygens (including phenoxy) is 1. The van der Waals surface area contributed by atoms with E-state index in [0.29, 0.717) is 0 Å². The number of methoxy groups -OCH3 is 1. The lowest BCUT2D eigenvalue weighted by molar-refractivity contribution is 0.415. The molecule has 0 aliphatic heterocycles. The number of thiazole rings is 1. The molecular formula is C19H19FN2OS. The normalized spacial score (nSPS) is 10.8. The molecule has 0 saturated heterocycles. The molecule has 1 aromatic heterocycles. The fourth-order valence-electron chi connectivity index (χ4n) is 2.40. The van der Waals surface area contributed by atoms with Crippen molar-refractivity contribution in [1.82, 2.24) is 10.3 Å². The summed E-state index contributed by atoms with van der Waals surface area (Å²) in [6.07, 6.45) is 2.70. The van der Waals surface area contributed by atoms with E-state index in [9.17, 15) is 4.39 Å². The van der Waals surface area contributed by atoms with Gasteiger partial charge in [0.1, 0.15) is 16.6 Å². The number of aromatic nitrogens is 1. The monoisotopic (exact) mass is 342 g/mol. The molecule has 1 N–H and O–H groups in total. The van der Waals surface area contributed by atoms with Crippen LogP contribution in [0, 0.1) is 5.82 Å². The first-order valence-corrected chi connectivity index (χ1v) is 8.60. The zero-order valence-electron chi connectivity index (χ0n) is 13.5. The number of halogens is 1. The van der Waals surface area contributed by atoms with Crippen molar-refractivity contribution in [2.45, 2.75) is 13.0 Å². The van der Waals surface area contributed by atoms with Gasteiger partial charge in [0, 0.05) is 12.7 Å². The molecule has 0 bridgehead atoms. The van der Waals surface area contributed by atoms with E-state index in [-0.39, 0.29) is 5.82 Å². The number of hydrogen-bond acceptors (Lipinski definition) is 4. The molecule has 3 rings (SSSR count). The summed E-state index contributed by atoms with van der Waals surface area (Å²) in [6, 6.07) is 14.7. The zero-order chi connectivity index (χ0) is 16.8. The minimum absolute atomic E-state index is 0.184. The summed E-state index contributed by atoms with van der Waals surface area (Å²) in [7, 11) is 1.66. The fraction of sp³-hybridized carbons (Fsp3) is 0.211. The molecule has 0 aliphatic carbocycles. The first kappa shape index (κ1) is 16.6. The number of hydrogen-bond donors (Lipinski definition) is 1. The van der Waals surface area contributed by atoms with Crippen LogP contribution < -0.4 is 10.1 Å². The molecule has 3 aromatic rings. The maximum absolute atomic E-state index is 13.1. The van der Waals surface area contributed by atoms with Crippen LogP contribution in [-0.2, 0) is 13.0 Å². The van der Waals surface area contributed by atoms with Crippen LogP contribution in [0.25, 0.3) is 10.4 Å². The summed E-state index contributed by atoms with van der Waals surface area (Å²) in [5.41, 5.74) is 2.14. The number of nitrogens with one attached hydrogen (secondary N) is 1. The van der Waals surface area contributed by atoms with Gasteiger partial charge in [-0.1, -0.05) is 12.1 Å². The molecule has 3 nitrogen and oxygen atoms in total. The van der Waals surface area contributed by atoms with E-state index < -0.39 is 0 Å². The lowest BCUT2D eigenvalue weighted by atomic mass is 10.1. The van der Waals surface area contributed by atoms with Gasteiger partial charge in [0.15, 0.2) is 0 Å². The van der Waals surface area contributed by atoms with Crippen molar-refractivity contribution in [3.63, 3.8) is 0 Å². The van der Waals surface area contributed by atoms with Gasteiger partial charge in [-0.25, -0.2) is 9.37 Å². The molecule has 0 spiro atoms. The van der Waals surface area contributed by atoms with Gasteiger partial charge in [-0.3, -0.25) is 0 Å². The smallest absolute Gasteiger partial charge is 0.123 e. The van der Waals surface area contributed by atoms with Crippen molar-refractivity contribution in [2.75, 3.05) is 13.7 Å². The van der Waals surface area contributed by atoms with Crippen molar-refractivity contribution in [1.29, 1.82) is 0 Å². The standard InChI is InChI=1S/C19H19FN2OS/c1-23-17-7-5-15(6-8-17)18-12-22-19(24-18)13-21-10-9-14-3-2-4-16(20)11-14/h2-8,11-12,21H,9-10,13H2,1H3. The Labute approximate surface area is 145 Å². The maximum Gasteiger partial charge on any atom is 0.123 e. The highest BCUT2D eigenvalue weighted by molar-refractivity contribution is 7.15. The Hall–Kier alpha value is -2.24. The first-order chi connectivity index (χ1) is 11.7. The first-order valence-electron chi connectivity index (χ1n) is 7.79. The molecule has 0 saturated carbocycles. The highest BCUT2D eigenvalue weighted by Crippen LogP contribution is 2.27. The second-order valence-corrected chi connectivity index (χ2v) is 6.52. The van der Waals surface area contributed by atoms with Gasteiger partial charge in [0.25, 0.3) is 0 Å². The minimum Gasteiger partial charge on any atom is -0.497 e. The molecule has 0 radical (unpaired) electrons. The fourth-order valence-corrected chi connectivity index (χ4v) is 3.29. The quantitative estimate of drug-likeness (QED) is 0.651. The highest BCUT2D eigenvalue weighted by atomic mass is 32.1. The van der Waals surface area contributed by atoms with E-state index >= 15 is 0 Å². The molecule has 0 fully saturated rings. The van der Waals surface area contributed by atoms with E-state index in [2.05, 4.69) is 10.3 Å². The Morgan fingerprint density at radius 3 is 2.75 bits per heavy atom. The van der Waals surface area contributed by atoms with E-state index in [1.165, 1.54) is 6.07 Å². The van der Waals surface area contributed by atoms with Crippen molar-refractivity contribution in [2.24, 2.45) is 0 Å². The average molecular weight is 342 g/mol. The zero-order valence-corrected chi connectivity index (χ0v) is 14.3. The summed E-state index contributed by atoms with van der Waals surface area (Å²) in [4.78, 5) is 5.60. The van der Waals surface area contributed by atoms with E-state index in [4.69, 9.17) is 4.74 Å². The molecule has 0 unspecified atom stereocenters. The topological polar surface area (TPSA) is 34.1 Å². The van der Waals surface area contributed by atoms with Gasteiger partial charge < -0.3 is 10.1 Å². The van der Waals surface area contributed by atoms with Crippen molar-refractivity contribution in [3.8, 4) is 16.2 Å². The number of benzene rings is 2. The number of nitrogens with zero attached hydrogens (tertiary/aromatic N) is 1. The Bertz CT molecular complexity index is 786. The number of rotatable bonds is 7. The predicted molar refractivity (Wildman–Crippen MR) is 95.9 cm³/mol. The van der Waals surface area contributed by atoms with Crippen molar-refractivity contribution in [3.05, 3.63) is 71.1 Å². The SMILES string of the molecule is COc1ccc(-c2cnc(CNCCc3cccc(F)c3)s2)cc1. The Morgan fingerprint density at radius 1 is 1.17 bits per heavy atom. The summed E-state index contributed by atoms with van der Waals surface area (Å²) in [5.74, 6) is 0.666. The van der Waals surface area contributed by atoms with Crippen LogP contribution >= 0.6 is 11.3 Å². The Kier molecular flexibility index (Phi) is 5.56. The van der Waals surface area contributed by atoms with Crippen LogP contribution in [-0.4, -0.2) is 18.6 Å². The van der Waals surface area contributed by atoms with Gasteiger partial charge in [-0.05, 0) is 60.5 Å². The molecule has 0 aliphatic rings. The summed E-state index contributed by atoms with van der Waals surface area (Å²) < 4.78 is 18.3. The van der Waals surface area contributed by atoms with Crippen LogP contribution in [0.5, 0.6) is 5.75 Å². The molecule has 2 aromatic carbocycles. The maximum atomic E-state index is 13.1. The van der Waals surface area contributed by atoms with Crippen LogP contribution in [0.2, 0.25) is 0 Å². The molecule has 1 heterocycles. The molecule has 24 heavy (non-hydrogen) atoms. The van der Waals surface area contributed by atoms with Crippen LogP contribution in [0.15, 0.2) is 54.7 Å². The minimum atomic E-state index is -0.184. The second kappa shape index (κ2) is 8.04. The van der Waals surface area contributed by atoms with Gasteiger partial charge in [-0.15, -0.1) is 11.3 Å². The van der Waals surface area contributed by atoms with Gasteiger partial charge in [0.2, 0.25) is 0 Å². The van der Waals surface area contributed by atoms with Crippen LogP contribution in [0.3, 0.4) is 0 Å².